The Labute approximate surface area is 140 Å². The van der Waals surface area contributed by atoms with Gasteiger partial charge in [0.1, 0.15) is 0 Å². The van der Waals surface area contributed by atoms with Gasteiger partial charge in [-0.1, -0.05) is 36.4 Å². The largest absolute Gasteiger partial charge is 0.342 e. The van der Waals surface area contributed by atoms with Crippen LogP contribution in [0.4, 0.5) is 5.69 Å². The Morgan fingerprint density at radius 3 is 2.83 bits per heavy atom. The molecular formula is C14H15ClN4O3S. The molecule has 0 saturated carbocycles. The van der Waals surface area contributed by atoms with Crippen molar-refractivity contribution >= 4 is 35.0 Å². The number of halogens is 1. The fourth-order valence-electron chi connectivity index (χ4n) is 1.83. The van der Waals surface area contributed by atoms with Crippen LogP contribution in [0.1, 0.15) is 18.9 Å². The van der Waals surface area contributed by atoms with Crippen LogP contribution in [0.2, 0.25) is 5.02 Å². The standard InChI is InChI=1S/C14H15ClN4O3S/c1-3-10(23-13-12(21)17-14(22)19-18-13)11(20)16-9-6-4-5-8(15)7(9)2/h4-6,10H,3H2,1-2H3,(H,16,20)(H2,17,19,21,22). The number of carbonyl (C=O) groups excluding carboxylic acids is 1. The fraction of sp³-hybridized carbons (Fsp3) is 0.286. The molecule has 0 saturated heterocycles. The molecular weight excluding hydrogens is 340 g/mol. The number of amides is 1. The van der Waals surface area contributed by atoms with E-state index in [0.717, 1.165) is 17.3 Å². The van der Waals surface area contributed by atoms with Crippen molar-refractivity contribution in [2.24, 2.45) is 0 Å². The second-order valence-electron chi connectivity index (χ2n) is 4.73. The summed E-state index contributed by atoms with van der Waals surface area (Å²) in [4.78, 5) is 37.1. The molecule has 0 radical (unpaired) electrons. The first-order chi connectivity index (χ1) is 10.9. The van der Waals surface area contributed by atoms with Crippen molar-refractivity contribution in [1.29, 1.82) is 0 Å². The van der Waals surface area contributed by atoms with Crippen LogP contribution >= 0.6 is 23.4 Å². The van der Waals surface area contributed by atoms with E-state index in [1.165, 1.54) is 0 Å². The molecule has 1 heterocycles. The van der Waals surface area contributed by atoms with Crippen molar-refractivity contribution in [3.63, 3.8) is 0 Å². The molecule has 1 atom stereocenters. The molecule has 3 N–H and O–H groups in total. The summed E-state index contributed by atoms with van der Waals surface area (Å²) in [7, 11) is 0. The van der Waals surface area contributed by atoms with E-state index in [1.54, 1.807) is 25.1 Å². The number of H-pyrrole nitrogens is 2. The van der Waals surface area contributed by atoms with Gasteiger partial charge in [-0.3, -0.25) is 14.6 Å². The molecule has 1 amide bonds. The highest BCUT2D eigenvalue weighted by molar-refractivity contribution is 8.00. The van der Waals surface area contributed by atoms with Gasteiger partial charge in [-0.25, -0.2) is 9.89 Å². The minimum absolute atomic E-state index is 0.0365. The topological polar surface area (TPSA) is 108 Å². The number of benzene rings is 1. The Morgan fingerprint density at radius 2 is 2.17 bits per heavy atom. The zero-order chi connectivity index (χ0) is 17.0. The van der Waals surface area contributed by atoms with Crippen LogP contribution in [0.5, 0.6) is 0 Å². The van der Waals surface area contributed by atoms with E-state index in [-0.39, 0.29) is 10.9 Å². The summed E-state index contributed by atoms with van der Waals surface area (Å²) >= 11 is 7.02. The van der Waals surface area contributed by atoms with Crippen molar-refractivity contribution in [2.45, 2.75) is 30.5 Å². The van der Waals surface area contributed by atoms with Crippen molar-refractivity contribution in [1.82, 2.24) is 15.2 Å². The molecule has 0 spiro atoms. The monoisotopic (exact) mass is 354 g/mol. The van der Waals surface area contributed by atoms with Gasteiger partial charge in [-0.05, 0) is 31.0 Å². The molecule has 1 aromatic heterocycles. The number of thioether (sulfide) groups is 1. The third-order valence-corrected chi connectivity index (χ3v) is 4.86. The molecule has 7 nitrogen and oxygen atoms in total. The Kier molecular flexibility index (Phi) is 5.62. The number of aromatic nitrogens is 3. The number of aromatic amines is 2. The number of nitrogens with zero attached hydrogens (tertiary/aromatic N) is 1. The number of anilines is 1. The predicted molar refractivity (Wildman–Crippen MR) is 90.2 cm³/mol. The lowest BCUT2D eigenvalue weighted by atomic mass is 10.2. The average Bonchev–Trinajstić information content (AvgIpc) is 2.51. The van der Waals surface area contributed by atoms with Gasteiger partial charge < -0.3 is 5.32 Å². The van der Waals surface area contributed by atoms with Gasteiger partial charge in [0.25, 0.3) is 5.56 Å². The second-order valence-corrected chi connectivity index (χ2v) is 6.33. The molecule has 0 bridgehead atoms. The molecule has 0 aliphatic rings. The summed E-state index contributed by atoms with van der Waals surface area (Å²) in [6.07, 6.45) is 0.482. The van der Waals surface area contributed by atoms with E-state index in [0.29, 0.717) is 17.1 Å². The summed E-state index contributed by atoms with van der Waals surface area (Å²) in [5, 5.41) is 8.67. The summed E-state index contributed by atoms with van der Waals surface area (Å²) in [6.45, 7) is 3.63. The van der Waals surface area contributed by atoms with Crippen LogP contribution in [-0.4, -0.2) is 26.3 Å². The fourth-order valence-corrected chi connectivity index (χ4v) is 2.86. The van der Waals surface area contributed by atoms with Gasteiger partial charge in [0.15, 0.2) is 5.03 Å². The van der Waals surface area contributed by atoms with Crippen LogP contribution in [0.25, 0.3) is 0 Å². The number of rotatable bonds is 5. The van der Waals surface area contributed by atoms with Crippen molar-refractivity contribution < 1.29 is 4.79 Å². The summed E-state index contributed by atoms with van der Waals surface area (Å²) in [6, 6.07) is 5.23. The highest BCUT2D eigenvalue weighted by atomic mass is 35.5. The SMILES string of the molecule is CCC(Sc1n[nH]c(=O)[nH]c1=O)C(=O)Nc1cccc(Cl)c1C. The van der Waals surface area contributed by atoms with Crippen molar-refractivity contribution in [3.8, 4) is 0 Å². The van der Waals surface area contributed by atoms with Gasteiger partial charge in [-0.2, -0.15) is 5.10 Å². The molecule has 23 heavy (non-hydrogen) atoms. The maximum Gasteiger partial charge on any atom is 0.342 e. The predicted octanol–water partition coefficient (Wildman–Crippen LogP) is 1.93. The average molecular weight is 355 g/mol. The third kappa shape index (κ3) is 4.23. The number of hydrogen-bond acceptors (Lipinski definition) is 5. The van der Waals surface area contributed by atoms with Crippen LogP contribution in [-0.2, 0) is 4.79 Å². The molecule has 0 aliphatic carbocycles. The molecule has 0 fully saturated rings. The Hall–Kier alpha value is -2.06. The first kappa shape index (κ1) is 17.3. The van der Waals surface area contributed by atoms with Crippen LogP contribution in [0, 0.1) is 6.92 Å². The maximum absolute atomic E-state index is 12.4. The zero-order valence-electron chi connectivity index (χ0n) is 12.5. The normalized spacial score (nSPS) is 12.0. The molecule has 2 aromatic rings. The Balaban J connectivity index is 2.17. The van der Waals surface area contributed by atoms with Gasteiger partial charge >= 0.3 is 5.69 Å². The van der Waals surface area contributed by atoms with E-state index in [2.05, 4.69) is 20.5 Å². The third-order valence-electron chi connectivity index (χ3n) is 3.12. The van der Waals surface area contributed by atoms with Crippen LogP contribution in [0.3, 0.4) is 0 Å². The van der Waals surface area contributed by atoms with Gasteiger partial charge in [0.05, 0.1) is 5.25 Å². The molecule has 9 heteroatoms. The van der Waals surface area contributed by atoms with E-state index >= 15 is 0 Å². The summed E-state index contributed by atoms with van der Waals surface area (Å²) < 4.78 is 0. The van der Waals surface area contributed by atoms with Crippen molar-refractivity contribution in [2.75, 3.05) is 5.32 Å². The number of nitrogens with one attached hydrogen (secondary N) is 3. The Morgan fingerprint density at radius 1 is 1.43 bits per heavy atom. The smallest absolute Gasteiger partial charge is 0.325 e. The van der Waals surface area contributed by atoms with E-state index in [9.17, 15) is 14.4 Å². The number of hydrogen-bond donors (Lipinski definition) is 3. The Bertz CT molecular complexity index is 833. The van der Waals surface area contributed by atoms with E-state index in [4.69, 9.17) is 11.6 Å². The minimum atomic E-state index is -0.689. The highest BCUT2D eigenvalue weighted by Crippen LogP contribution is 2.26. The van der Waals surface area contributed by atoms with E-state index in [1.807, 2.05) is 6.92 Å². The van der Waals surface area contributed by atoms with Crippen LogP contribution < -0.4 is 16.6 Å². The van der Waals surface area contributed by atoms with Gasteiger partial charge in [-0.15, -0.1) is 0 Å². The quantitative estimate of drug-likeness (QED) is 0.711. The zero-order valence-corrected chi connectivity index (χ0v) is 14.0. The summed E-state index contributed by atoms with van der Waals surface area (Å²) in [5.74, 6) is -0.268. The molecule has 0 aliphatic heterocycles. The lowest BCUT2D eigenvalue weighted by Crippen LogP contribution is -2.29. The highest BCUT2D eigenvalue weighted by Gasteiger charge is 2.21. The lowest BCUT2D eigenvalue weighted by molar-refractivity contribution is -0.115. The number of carbonyl (C=O) groups is 1. The molecule has 1 unspecified atom stereocenters. The van der Waals surface area contributed by atoms with Gasteiger partial charge in [0.2, 0.25) is 5.91 Å². The van der Waals surface area contributed by atoms with Gasteiger partial charge in [0, 0.05) is 10.7 Å². The minimum Gasteiger partial charge on any atom is -0.325 e. The summed E-state index contributed by atoms with van der Waals surface area (Å²) in [5.41, 5.74) is 0.0719. The van der Waals surface area contributed by atoms with E-state index < -0.39 is 16.5 Å². The first-order valence-electron chi connectivity index (χ1n) is 6.84. The second kappa shape index (κ2) is 7.47. The lowest BCUT2D eigenvalue weighted by Gasteiger charge is -2.15. The molecule has 2 rings (SSSR count). The van der Waals surface area contributed by atoms with Crippen LogP contribution in [0.15, 0.2) is 32.8 Å². The molecule has 122 valence electrons. The first-order valence-corrected chi connectivity index (χ1v) is 8.09. The molecule has 1 aromatic carbocycles. The van der Waals surface area contributed by atoms with Crippen molar-refractivity contribution in [3.05, 3.63) is 49.6 Å². The maximum atomic E-state index is 12.4.